The molecule has 0 saturated heterocycles. The van der Waals surface area contributed by atoms with Gasteiger partial charge in [-0.05, 0) is 30.3 Å². The van der Waals surface area contributed by atoms with Crippen LogP contribution in [-0.2, 0) is 15.2 Å². The quantitative estimate of drug-likeness (QED) is 0.494. The Bertz CT molecular complexity index is 1030. The van der Waals surface area contributed by atoms with E-state index in [2.05, 4.69) is 5.16 Å². The van der Waals surface area contributed by atoms with E-state index in [-0.39, 0.29) is 32.6 Å². The van der Waals surface area contributed by atoms with Crippen LogP contribution in [0.3, 0.4) is 0 Å². The van der Waals surface area contributed by atoms with Crippen LogP contribution in [0.4, 0.5) is 32.0 Å². The van der Waals surface area contributed by atoms with Gasteiger partial charge in [0.2, 0.25) is 0 Å². The van der Waals surface area contributed by atoms with Gasteiger partial charge in [0, 0.05) is 40.3 Å². The highest BCUT2D eigenvalue weighted by Gasteiger charge is 2.62. The van der Waals surface area contributed by atoms with E-state index < -0.39 is 30.3 Å². The van der Waals surface area contributed by atoms with Crippen molar-refractivity contribution in [3.63, 3.8) is 0 Å². The van der Waals surface area contributed by atoms with E-state index in [0.717, 1.165) is 25.2 Å². The average Bonchev–Trinajstić information content (AvgIpc) is 3.12. The molecule has 3 rings (SSSR count). The van der Waals surface area contributed by atoms with Crippen molar-refractivity contribution in [2.75, 3.05) is 11.9 Å². The predicted octanol–water partition coefficient (Wildman–Crippen LogP) is 6.10. The summed E-state index contributed by atoms with van der Waals surface area (Å²) in [6, 6.07) is 8.30. The fourth-order valence-electron chi connectivity index (χ4n) is 3.05. The Labute approximate surface area is 182 Å². The zero-order valence-electron chi connectivity index (χ0n) is 15.5. The van der Waals surface area contributed by atoms with Gasteiger partial charge in [-0.15, -0.1) is 0 Å². The maximum Gasteiger partial charge on any atom is 0.471 e. The summed E-state index contributed by atoms with van der Waals surface area (Å²) in [5.41, 5.74) is -3.57. The minimum absolute atomic E-state index is 0.0440. The number of hydrogen-bond donors (Lipinski definition) is 0. The first-order valence-electron chi connectivity index (χ1n) is 8.48. The van der Waals surface area contributed by atoms with Crippen molar-refractivity contribution in [2.45, 2.75) is 24.4 Å². The first-order chi connectivity index (χ1) is 14.2. The van der Waals surface area contributed by atoms with E-state index in [4.69, 9.17) is 28.0 Å². The fraction of sp³-hybridized carbons (Fsp3) is 0.263. The summed E-state index contributed by atoms with van der Waals surface area (Å²) >= 11 is 11.7. The molecule has 0 spiro atoms. The van der Waals surface area contributed by atoms with Gasteiger partial charge in [-0.2, -0.15) is 26.3 Å². The minimum Gasteiger partial charge on any atom is -0.374 e. The van der Waals surface area contributed by atoms with E-state index in [1.54, 1.807) is 0 Å². The van der Waals surface area contributed by atoms with Crippen LogP contribution >= 0.6 is 23.2 Å². The van der Waals surface area contributed by atoms with Crippen LogP contribution in [0, 0.1) is 0 Å². The lowest BCUT2D eigenvalue weighted by molar-refractivity contribution is -0.275. The van der Waals surface area contributed by atoms with E-state index in [0.29, 0.717) is 4.90 Å². The standard InChI is InChI=1S/C19H12Cl2F6N2O2/c1-29(16(30)18(22,23)24)14-4-2-3-10(5-14)15-9-17(31-28-15,19(25,26)27)11-6-12(20)8-13(21)7-11/h2-8H,9H2,1H3. The monoisotopic (exact) mass is 484 g/mol. The molecule has 0 radical (unpaired) electrons. The topological polar surface area (TPSA) is 41.9 Å². The average molecular weight is 485 g/mol. The maximum atomic E-state index is 14.0. The molecule has 12 heteroatoms. The number of carbonyl (C=O) groups is 1. The van der Waals surface area contributed by atoms with Crippen LogP contribution in [0.5, 0.6) is 0 Å². The molecule has 0 N–H and O–H groups in total. The van der Waals surface area contributed by atoms with E-state index in [1.807, 2.05) is 0 Å². The van der Waals surface area contributed by atoms with E-state index in [9.17, 15) is 31.1 Å². The van der Waals surface area contributed by atoms with Crippen LogP contribution in [0.25, 0.3) is 0 Å². The van der Waals surface area contributed by atoms with Gasteiger partial charge in [0.05, 0.1) is 5.71 Å². The molecule has 0 aromatic heterocycles. The predicted molar refractivity (Wildman–Crippen MR) is 102 cm³/mol. The molecular weight excluding hydrogens is 473 g/mol. The summed E-state index contributed by atoms with van der Waals surface area (Å²) in [5, 5.41) is 3.45. The highest BCUT2D eigenvalue weighted by molar-refractivity contribution is 6.34. The summed E-state index contributed by atoms with van der Waals surface area (Å²) in [5.74, 6) is -2.13. The molecule has 1 atom stereocenters. The molecule has 0 saturated carbocycles. The van der Waals surface area contributed by atoms with Crippen LogP contribution in [0.1, 0.15) is 17.5 Å². The normalized spacial score (nSPS) is 19.1. The van der Waals surface area contributed by atoms with Crippen LogP contribution in [0.2, 0.25) is 10.0 Å². The second kappa shape index (κ2) is 7.90. The summed E-state index contributed by atoms with van der Waals surface area (Å²) < 4.78 is 80.2. The largest absolute Gasteiger partial charge is 0.471 e. The molecule has 1 unspecified atom stereocenters. The van der Waals surface area contributed by atoms with Crippen molar-refractivity contribution < 1.29 is 36.0 Å². The lowest BCUT2D eigenvalue weighted by Gasteiger charge is -2.29. The highest BCUT2D eigenvalue weighted by Crippen LogP contribution is 2.49. The van der Waals surface area contributed by atoms with Gasteiger partial charge >= 0.3 is 18.3 Å². The first kappa shape index (κ1) is 23.2. The summed E-state index contributed by atoms with van der Waals surface area (Å²) in [4.78, 5) is 16.6. The Hall–Kier alpha value is -2.46. The Morgan fingerprint density at radius 2 is 1.68 bits per heavy atom. The lowest BCUT2D eigenvalue weighted by Crippen LogP contribution is -2.42. The molecule has 1 aliphatic heterocycles. The fourth-order valence-corrected chi connectivity index (χ4v) is 3.57. The van der Waals surface area contributed by atoms with Gasteiger partial charge < -0.3 is 9.74 Å². The number of oxime groups is 1. The zero-order valence-corrected chi connectivity index (χ0v) is 17.0. The third-order valence-electron chi connectivity index (χ3n) is 4.63. The third kappa shape index (κ3) is 4.45. The Balaban J connectivity index is 1.97. The summed E-state index contributed by atoms with van der Waals surface area (Å²) in [7, 11) is 0.899. The first-order valence-corrected chi connectivity index (χ1v) is 9.24. The molecule has 31 heavy (non-hydrogen) atoms. The van der Waals surface area contributed by atoms with Crippen LogP contribution in [-0.4, -0.2) is 31.0 Å². The molecule has 2 aromatic carbocycles. The molecule has 2 aromatic rings. The maximum absolute atomic E-state index is 14.0. The number of nitrogens with zero attached hydrogens (tertiary/aromatic N) is 2. The second-order valence-electron chi connectivity index (χ2n) is 6.70. The lowest BCUT2D eigenvalue weighted by atomic mass is 9.86. The van der Waals surface area contributed by atoms with Gasteiger partial charge in [0.1, 0.15) is 0 Å². The molecular formula is C19H12Cl2F6N2O2. The minimum atomic E-state index is -5.12. The van der Waals surface area contributed by atoms with Crippen molar-refractivity contribution in [1.82, 2.24) is 0 Å². The number of benzene rings is 2. The van der Waals surface area contributed by atoms with E-state index in [1.165, 1.54) is 24.3 Å². The second-order valence-corrected chi connectivity index (χ2v) is 7.57. The van der Waals surface area contributed by atoms with Crippen molar-refractivity contribution >= 4 is 40.5 Å². The Kier molecular flexibility index (Phi) is 5.92. The van der Waals surface area contributed by atoms with Crippen molar-refractivity contribution in [3.8, 4) is 0 Å². The number of rotatable bonds is 3. The van der Waals surface area contributed by atoms with Gasteiger partial charge in [0.15, 0.2) is 0 Å². The number of alkyl halides is 6. The number of amides is 1. The number of anilines is 1. The highest BCUT2D eigenvalue weighted by atomic mass is 35.5. The molecule has 1 aliphatic rings. The van der Waals surface area contributed by atoms with Gasteiger partial charge in [0.25, 0.3) is 5.60 Å². The number of halogens is 8. The number of carbonyl (C=O) groups excluding carboxylic acids is 1. The van der Waals surface area contributed by atoms with Crippen molar-refractivity contribution in [1.29, 1.82) is 0 Å². The number of hydrogen-bond acceptors (Lipinski definition) is 3. The van der Waals surface area contributed by atoms with Crippen LogP contribution in [0.15, 0.2) is 47.6 Å². The Morgan fingerprint density at radius 1 is 1.06 bits per heavy atom. The molecule has 166 valence electrons. The zero-order chi connectivity index (χ0) is 23.2. The SMILES string of the molecule is CN(C(=O)C(F)(F)F)c1cccc(C2=NOC(c3cc(Cl)cc(Cl)c3)(C(F)(F)F)C2)c1. The van der Waals surface area contributed by atoms with Crippen molar-refractivity contribution in [3.05, 3.63) is 63.6 Å². The molecule has 4 nitrogen and oxygen atoms in total. The Morgan fingerprint density at radius 3 is 2.23 bits per heavy atom. The van der Waals surface area contributed by atoms with Crippen LogP contribution < -0.4 is 4.90 Å². The molecule has 0 aliphatic carbocycles. The molecule has 1 heterocycles. The summed E-state index contributed by atoms with van der Waals surface area (Å²) in [6.07, 6.45) is -10.8. The van der Waals surface area contributed by atoms with Gasteiger partial charge in [-0.1, -0.05) is 40.5 Å². The third-order valence-corrected chi connectivity index (χ3v) is 5.07. The smallest absolute Gasteiger partial charge is 0.374 e. The van der Waals surface area contributed by atoms with Crippen molar-refractivity contribution in [2.24, 2.45) is 5.16 Å². The molecule has 1 amide bonds. The van der Waals surface area contributed by atoms with Gasteiger partial charge in [-0.3, -0.25) is 4.79 Å². The molecule has 0 fully saturated rings. The summed E-state index contributed by atoms with van der Waals surface area (Å²) in [6.45, 7) is 0. The molecule has 0 bridgehead atoms. The van der Waals surface area contributed by atoms with E-state index >= 15 is 0 Å². The van der Waals surface area contributed by atoms with Gasteiger partial charge in [-0.25, -0.2) is 0 Å².